The van der Waals surface area contributed by atoms with Gasteiger partial charge in [-0.1, -0.05) is 31.2 Å². The highest BCUT2D eigenvalue weighted by atomic mass is 16.6. The van der Waals surface area contributed by atoms with Gasteiger partial charge in [0, 0.05) is 6.54 Å². The fourth-order valence-electron chi connectivity index (χ4n) is 1.90. The standard InChI is InChI=1S/C12H16N2O2/c1-2-9-3-5-10(6-4-9)12(7-13)8-14-11(15)16-12/h3-6H,2,7-8,13H2,1H3,(H,14,15). The van der Waals surface area contributed by atoms with Crippen molar-refractivity contribution < 1.29 is 9.53 Å². The molecule has 1 atom stereocenters. The molecule has 1 aromatic rings. The maximum Gasteiger partial charge on any atom is 0.408 e. The molecule has 4 nitrogen and oxygen atoms in total. The predicted molar refractivity (Wildman–Crippen MR) is 61.0 cm³/mol. The summed E-state index contributed by atoms with van der Waals surface area (Å²) in [5, 5.41) is 2.65. The molecule has 16 heavy (non-hydrogen) atoms. The molecule has 0 radical (unpaired) electrons. The van der Waals surface area contributed by atoms with E-state index in [-0.39, 0.29) is 6.54 Å². The quantitative estimate of drug-likeness (QED) is 0.803. The molecular weight excluding hydrogens is 204 g/mol. The van der Waals surface area contributed by atoms with E-state index in [1.165, 1.54) is 5.56 Å². The van der Waals surface area contributed by atoms with Gasteiger partial charge in [0.05, 0.1) is 6.54 Å². The summed E-state index contributed by atoms with van der Waals surface area (Å²) in [4.78, 5) is 11.1. The first-order chi connectivity index (χ1) is 7.70. The first kappa shape index (κ1) is 11.0. The molecule has 1 amide bonds. The van der Waals surface area contributed by atoms with Crippen molar-refractivity contribution in [3.05, 3.63) is 35.4 Å². The van der Waals surface area contributed by atoms with Crippen LogP contribution >= 0.6 is 0 Å². The fraction of sp³-hybridized carbons (Fsp3) is 0.417. The maximum atomic E-state index is 11.1. The number of nitrogens with two attached hydrogens (primary N) is 1. The van der Waals surface area contributed by atoms with E-state index in [9.17, 15) is 4.79 Å². The third kappa shape index (κ3) is 1.76. The van der Waals surface area contributed by atoms with E-state index >= 15 is 0 Å². The minimum Gasteiger partial charge on any atom is -0.435 e. The lowest BCUT2D eigenvalue weighted by Gasteiger charge is -2.25. The van der Waals surface area contributed by atoms with Crippen LogP contribution in [0.5, 0.6) is 0 Å². The number of hydrogen-bond acceptors (Lipinski definition) is 3. The number of ether oxygens (including phenoxy) is 1. The van der Waals surface area contributed by atoms with Crippen molar-refractivity contribution in [1.29, 1.82) is 0 Å². The largest absolute Gasteiger partial charge is 0.435 e. The van der Waals surface area contributed by atoms with Crippen molar-refractivity contribution >= 4 is 6.09 Å². The van der Waals surface area contributed by atoms with E-state index in [0.717, 1.165) is 12.0 Å². The number of rotatable bonds is 3. The number of alkyl carbamates (subject to hydrolysis) is 1. The molecule has 86 valence electrons. The number of carbonyl (C=O) groups excluding carboxylic acids is 1. The van der Waals surface area contributed by atoms with Crippen LogP contribution in [-0.4, -0.2) is 19.2 Å². The molecule has 0 bridgehead atoms. The van der Waals surface area contributed by atoms with Crippen molar-refractivity contribution in [2.75, 3.05) is 13.1 Å². The summed E-state index contributed by atoms with van der Waals surface area (Å²) < 4.78 is 5.28. The highest BCUT2D eigenvalue weighted by molar-refractivity contribution is 5.70. The van der Waals surface area contributed by atoms with Crippen molar-refractivity contribution in [2.45, 2.75) is 18.9 Å². The Morgan fingerprint density at radius 2 is 2.12 bits per heavy atom. The molecule has 1 aliphatic rings. The summed E-state index contributed by atoms with van der Waals surface area (Å²) in [6.07, 6.45) is 0.596. The Morgan fingerprint density at radius 1 is 1.44 bits per heavy atom. The second-order valence-electron chi connectivity index (χ2n) is 3.99. The van der Waals surface area contributed by atoms with Gasteiger partial charge in [0.25, 0.3) is 0 Å². The smallest absolute Gasteiger partial charge is 0.408 e. The Labute approximate surface area is 94.8 Å². The Balaban J connectivity index is 2.30. The van der Waals surface area contributed by atoms with Crippen molar-refractivity contribution in [3.8, 4) is 0 Å². The minimum absolute atomic E-state index is 0.289. The number of cyclic esters (lactones) is 1. The summed E-state index contributed by atoms with van der Waals surface area (Å²) in [6, 6.07) is 8.04. The number of nitrogens with one attached hydrogen (secondary N) is 1. The van der Waals surface area contributed by atoms with Gasteiger partial charge in [0.2, 0.25) is 0 Å². The van der Waals surface area contributed by atoms with Crippen LogP contribution < -0.4 is 11.1 Å². The average molecular weight is 220 g/mol. The zero-order valence-electron chi connectivity index (χ0n) is 9.32. The van der Waals surface area contributed by atoms with Gasteiger partial charge in [-0.3, -0.25) is 0 Å². The monoisotopic (exact) mass is 220 g/mol. The molecule has 0 saturated carbocycles. The number of hydrogen-bond donors (Lipinski definition) is 2. The van der Waals surface area contributed by atoms with Crippen LogP contribution in [0, 0.1) is 0 Å². The zero-order chi connectivity index (χ0) is 11.6. The van der Waals surface area contributed by atoms with Gasteiger partial charge < -0.3 is 15.8 Å². The van der Waals surface area contributed by atoms with Crippen LogP contribution in [-0.2, 0) is 16.8 Å². The lowest BCUT2D eigenvalue weighted by atomic mass is 9.93. The Kier molecular flexibility index (Phi) is 2.83. The van der Waals surface area contributed by atoms with Crippen LogP contribution in [0.15, 0.2) is 24.3 Å². The van der Waals surface area contributed by atoms with Crippen LogP contribution in [0.3, 0.4) is 0 Å². The number of amides is 1. The number of carbonyl (C=O) groups is 1. The Bertz CT molecular complexity index is 389. The van der Waals surface area contributed by atoms with Gasteiger partial charge in [-0.2, -0.15) is 0 Å². The molecule has 1 saturated heterocycles. The molecule has 4 heteroatoms. The van der Waals surface area contributed by atoms with E-state index in [2.05, 4.69) is 12.2 Å². The second kappa shape index (κ2) is 4.14. The van der Waals surface area contributed by atoms with Gasteiger partial charge in [-0.15, -0.1) is 0 Å². The molecule has 1 heterocycles. The average Bonchev–Trinajstić information content (AvgIpc) is 2.72. The molecule has 3 N–H and O–H groups in total. The summed E-state index contributed by atoms with van der Waals surface area (Å²) in [5.41, 5.74) is 7.23. The summed E-state index contributed by atoms with van der Waals surface area (Å²) >= 11 is 0. The van der Waals surface area contributed by atoms with E-state index in [4.69, 9.17) is 10.5 Å². The van der Waals surface area contributed by atoms with Crippen LogP contribution in [0.2, 0.25) is 0 Å². The molecule has 1 aliphatic heterocycles. The van der Waals surface area contributed by atoms with E-state index in [1.54, 1.807) is 0 Å². The molecule has 2 rings (SSSR count). The van der Waals surface area contributed by atoms with E-state index in [1.807, 2.05) is 24.3 Å². The molecule has 0 aromatic heterocycles. The third-order valence-electron chi connectivity index (χ3n) is 3.02. The molecule has 1 fully saturated rings. The van der Waals surface area contributed by atoms with Crippen LogP contribution in [0.25, 0.3) is 0 Å². The SMILES string of the molecule is CCc1ccc(C2(CN)CNC(=O)O2)cc1. The fourth-order valence-corrected chi connectivity index (χ4v) is 1.90. The Hall–Kier alpha value is -1.55. The van der Waals surface area contributed by atoms with Crippen molar-refractivity contribution in [3.63, 3.8) is 0 Å². The second-order valence-corrected chi connectivity index (χ2v) is 3.99. The molecule has 1 aromatic carbocycles. The summed E-state index contributed by atoms with van der Waals surface area (Å²) in [5.74, 6) is 0. The zero-order valence-corrected chi connectivity index (χ0v) is 9.32. The molecule has 0 spiro atoms. The summed E-state index contributed by atoms with van der Waals surface area (Å²) in [7, 11) is 0. The van der Waals surface area contributed by atoms with Gasteiger partial charge >= 0.3 is 6.09 Å². The van der Waals surface area contributed by atoms with Gasteiger partial charge in [-0.05, 0) is 17.5 Å². The lowest BCUT2D eigenvalue weighted by molar-refractivity contribution is 0.0617. The molecule has 0 aliphatic carbocycles. The topological polar surface area (TPSA) is 64.3 Å². The van der Waals surface area contributed by atoms with Crippen molar-refractivity contribution in [1.82, 2.24) is 5.32 Å². The Morgan fingerprint density at radius 3 is 2.56 bits per heavy atom. The highest BCUT2D eigenvalue weighted by Gasteiger charge is 2.40. The predicted octanol–water partition coefficient (Wildman–Crippen LogP) is 1.14. The molecule has 1 unspecified atom stereocenters. The maximum absolute atomic E-state index is 11.1. The van der Waals surface area contributed by atoms with Gasteiger partial charge in [-0.25, -0.2) is 4.79 Å². The highest BCUT2D eigenvalue weighted by Crippen LogP contribution is 2.28. The van der Waals surface area contributed by atoms with Crippen LogP contribution in [0.1, 0.15) is 18.1 Å². The summed E-state index contributed by atoms with van der Waals surface area (Å²) in [6.45, 7) is 2.83. The normalized spacial score (nSPS) is 24.0. The lowest BCUT2D eigenvalue weighted by Crippen LogP contribution is -2.38. The van der Waals surface area contributed by atoms with E-state index in [0.29, 0.717) is 6.54 Å². The first-order valence-electron chi connectivity index (χ1n) is 5.46. The number of benzene rings is 1. The van der Waals surface area contributed by atoms with Gasteiger partial charge in [0.1, 0.15) is 0 Å². The van der Waals surface area contributed by atoms with Crippen molar-refractivity contribution in [2.24, 2.45) is 5.73 Å². The van der Waals surface area contributed by atoms with Gasteiger partial charge in [0.15, 0.2) is 5.60 Å². The van der Waals surface area contributed by atoms with E-state index < -0.39 is 11.7 Å². The number of aryl methyl sites for hydroxylation is 1. The molecular formula is C12H16N2O2. The third-order valence-corrected chi connectivity index (χ3v) is 3.02. The minimum atomic E-state index is -0.691. The van der Waals surface area contributed by atoms with Crippen LogP contribution in [0.4, 0.5) is 4.79 Å². The first-order valence-corrected chi connectivity index (χ1v) is 5.46.